The summed E-state index contributed by atoms with van der Waals surface area (Å²) in [5.41, 5.74) is 0.767. The van der Waals surface area contributed by atoms with Gasteiger partial charge in [0.05, 0.1) is 6.61 Å². The summed E-state index contributed by atoms with van der Waals surface area (Å²) in [6, 6.07) is 4.11. The van der Waals surface area contributed by atoms with Crippen LogP contribution in [0.5, 0.6) is 5.75 Å². The maximum atomic E-state index is 12.7. The van der Waals surface area contributed by atoms with Gasteiger partial charge >= 0.3 is 10.2 Å². The Balaban J connectivity index is 2.56. The first-order valence-corrected chi connectivity index (χ1v) is 5.91. The number of hydrogen-bond acceptors (Lipinski definition) is 3. The maximum Gasteiger partial charge on any atom is 0.332 e. The Morgan fingerprint density at radius 1 is 1.40 bits per heavy atom. The lowest BCUT2D eigenvalue weighted by atomic mass is 9.87. The highest BCUT2D eigenvalue weighted by Crippen LogP contribution is 2.39. The molecule has 82 valence electrons. The lowest BCUT2D eigenvalue weighted by Gasteiger charge is -2.14. The van der Waals surface area contributed by atoms with Crippen LogP contribution in [0.4, 0.5) is 3.89 Å². The molecule has 15 heavy (non-hydrogen) atoms. The maximum absolute atomic E-state index is 12.7. The van der Waals surface area contributed by atoms with Crippen molar-refractivity contribution in [3.05, 3.63) is 23.8 Å². The fraction of sp³-hybridized carbons (Fsp3) is 0.400. The van der Waals surface area contributed by atoms with Gasteiger partial charge in [-0.25, -0.2) is 0 Å². The highest BCUT2D eigenvalue weighted by molar-refractivity contribution is 7.86. The van der Waals surface area contributed by atoms with Gasteiger partial charge in [0.1, 0.15) is 10.6 Å². The van der Waals surface area contributed by atoms with Crippen LogP contribution in [0.15, 0.2) is 23.1 Å². The van der Waals surface area contributed by atoms with Crippen molar-refractivity contribution >= 4 is 10.2 Å². The summed E-state index contributed by atoms with van der Waals surface area (Å²) < 4.78 is 39.4. The van der Waals surface area contributed by atoms with Crippen LogP contribution in [0.1, 0.15) is 19.4 Å². The van der Waals surface area contributed by atoms with E-state index < -0.39 is 10.2 Å². The minimum Gasteiger partial charge on any atom is -0.492 e. The minimum absolute atomic E-state index is 0.145. The molecule has 0 spiro atoms. The summed E-state index contributed by atoms with van der Waals surface area (Å²) in [4.78, 5) is -0.348. The van der Waals surface area contributed by atoms with Crippen molar-refractivity contribution in [3.8, 4) is 5.75 Å². The third-order valence-electron chi connectivity index (χ3n) is 2.55. The molecular weight excluding hydrogens is 219 g/mol. The molecule has 1 aromatic rings. The molecule has 1 aromatic carbocycles. The molecule has 1 heterocycles. The van der Waals surface area contributed by atoms with E-state index in [0.717, 1.165) is 5.56 Å². The highest BCUT2D eigenvalue weighted by atomic mass is 32.3. The topological polar surface area (TPSA) is 43.4 Å². The molecule has 3 nitrogen and oxygen atoms in total. The number of benzene rings is 1. The molecular formula is C10H11FO3S. The van der Waals surface area contributed by atoms with E-state index in [2.05, 4.69) is 0 Å². The Labute approximate surface area is 88.1 Å². The second-order valence-electron chi connectivity index (χ2n) is 4.27. The van der Waals surface area contributed by atoms with Crippen LogP contribution in [-0.4, -0.2) is 15.0 Å². The zero-order valence-electron chi connectivity index (χ0n) is 8.45. The van der Waals surface area contributed by atoms with Crippen LogP contribution in [0.2, 0.25) is 0 Å². The van der Waals surface area contributed by atoms with Crippen LogP contribution in [-0.2, 0) is 15.6 Å². The van der Waals surface area contributed by atoms with E-state index in [0.29, 0.717) is 12.4 Å². The van der Waals surface area contributed by atoms with Gasteiger partial charge in [0, 0.05) is 17.0 Å². The number of halogens is 1. The van der Waals surface area contributed by atoms with Crippen molar-refractivity contribution in [2.24, 2.45) is 0 Å². The number of hydrogen-bond donors (Lipinski definition) is 0. The van der Waals surface area contributed by atoms with Gasteiger partial charge in [-0.3, -0.25) is 0 Å². The van der Waals surface area contributed by atoms with Gasteiger partial charge in [-0.15, -0.1) is 3.89 Å². The van der Waals surface area contributed by atoms with E-state index in [-0.39, 0.29) is 10.3 Å². The molecule has 2 rings (SSSR count). The zero-order chi connectivity index (χ0) is 11.3. The zero-order valence-corrected chi connectivity index (χ0v) is 9.27. The molecule has 0 amide bonds. The summed E-state index contributed by atoms with van der Waals surface area (Å²) >= 11 is 0. The fourth-order valence-electron chi connectivity index (χ4n) is 1.67. The van der Waals surface area contributed by atoms with Crippen molar-refractivity contribution in [2.75, 3.05) is 6.61 Å². The van der Waals surface area contributed by atoms with E-state index in [1.54, 1.807) is 6.07 Å². The van der Waals surface area contributed by atoms with Gasteiger partial charge in [0.25, 0.3) is 0 Å². The summed E-state index contributed by atoms with van der Waals surface area (Å²) in [6.07, 6.45) is 0. The molecule has 0 fully saturated rings. The van der Waals surface area contributed by atoms with Crippen molar-refractivity contribution in [1.82, 2.24) is 0 Å². The number of ether oxygens (including phenoxy) is 1. The second kappa shape index (κ2) is 2.95. The average Bonchev–Trinajstić information content (AvgIpc) is 2.41. The SMILES string of the molecule is CC1(C)COc2cc(S(=O)(=O)F)ccc21. The second-order valence-corrected chi connectivity index (χ2v) is 5.62. The van der Waals surface area contributed by atoms with Gasteiger partial charge in [-0.05, 0) is 6.07 Å². The minimum atomic E-state index is -4.64. The van der Waals surface area contributed by atoms with E-state index in [4.69, 9.17) is 4.74 Å². The Kier molecular flexibility index (Phi) is 2.05. The molecule has 0 aromatic heterocycles. The molecule has 0 saturated carbocycles. The van der Waals surface area contributed by atoms with E-state index >= 15 is 0 Å². The van der Waals surface area contributed by atoms with Crippen LogP contribution >= 0.6 is 0 Å². The summed E-state index contributed by atoms with van der Waals surface area (Å²) in [5, 5.41) is 0. The highest BCUT2D eigenvalue weighted by Gasteiger charge is 2.32. The van der Waals surface area contributed by atoms with Crippen LogP contribution in [0.25, 0.3) is 0 Å². The van der Waals surface area contributed by atoms with E-state index in [1.807, 2.05) is 13.8 Å². The molecule has 0 bridgehead atoms. The van der Waals surface area contributed by atoms with E-state index in [1.165, 1.54) is 12.1 Å². The Morgan fingerprint density at radius 3 is 2.67 bits per heavy atom. The van der Waals surface area contributed by atoms with Gasteiger partial charge < -0.3 is 4.74 Å². The third-order valence-corrected chi connectivity index (χ3v) is 3.37. The van der Waals surface area contributed by atoms with Crippen LogP contribution < -0.4 is 4.74 Å². The average molecular weight is 230 g/mol. The molecule has 5 heteroatoms. The predicted octanol–water partition coefficient (Wildman–Crippen LogP) is 2.01. The smallest absolute Gasteiger partial charge is 0.332 e. The Hall–Kier alpha value is -1.10. The first-order valence-electron chi connectivity index (χ1n) is 4.53. The fourth-order valence-corrected chi connectivity index (χ4v) is 2.15. The van der Waals surface area contributed by atoms with Gasteiger partial charge in [-0.1, -0.05) is 19.9 Å². The summed E-state index contributed by atoms with van der Waals surface area (Å²) in [7, 11) is -4.64. The Morgan fingerprint density at radius 2 is 2.07 bits per heavy atom. The van der Waals surface area contributed by atoms with Gasteiger partial charge in [-0.2, -0.15) is 8.42 Å². The molecule has 0 N–H and O–H groups in total. The summed E-state index contributed by atoms with van der Waals surface area (Å²) in [6.45, 7) is 4.46. The van der Waals surface area contributed by atoms with Crippen LogP contribution in [0, 0.1) is 0 Å². The van der Waals surface area contributed by atoms with Crippen molar-refractivity contribution in [1.29, 1.82) is 0 Å². The lowest BCUT2D eigenvalue weighted by molar-refractivity contribution is 0.290. The van der Waals surface area contributed by atoms with Crippen molar-refractivity contribution in [3.63, 3.8) is 0 Å². The molecule has 0 unspecified atom stereocenters. The van der Waals surface area contributed by atoms with Crippen LogP contribution in [0.3, 0.4) is 0 Å². The standard InChI is InChI=1S/C10H11FO3S/c1-10(2)6-14-9-5-7(15(11,12)13)3-4-8(9)10/h3-5H,6H2,1-2H3. The molecule has 0 atom stereocenters. The van der Waals surface area contributed by atoms with E-state index in [9.17, 15) is 12.3 Å². The molecule has 0 saturated heterocycles. The Bertz CT molecular complexity index is 505. The summed E-state index contributed by atoms with van der Waals surface area (Å²) in [5.74, 6) is 0.457. The number of rotatable bonds is 1. The van der Waals surface area contributed by atoms with Crippen molar-refractivity contribution < 1.29 is 17.0 Å². The quantitative estimate of drug-likeness (QED) is 0.693. The molecule has 0 aliphatic carbocycles. The lowest BCUT2D eigenvalue weighted by Crippen LogP contribution is -2.18. The molecule has 1 aliphatic heterocycles. The predicted molar refractivity (Wildman–Crippen MR) is 53.3 cm³/mol. The largest absolute Gasteiger partial charge is 0.492 e. The van der Waals surface area contributed by atoms with Gasteiger partial charge in [0.2, 0.25) is 0 Å². The monoisotopic (exact) mass is 230 g/mol. The molecule has 1 aliphatic rings. The first-order chi connectivity index (χ1) is 6.81. The first kappa shape index (κ1) is 10.4. The number of fused-ring (bicyclic) bond motifs is 1. The normalized spacial score (nSPS) is 18.3. The van der Waals surface area contributed by atoms with Gasteiger partial charge in [0.15, 0.2) is 0 Å². The molecule has 0 radical (unpaired) electrons. The van der Waals surface area contributed by atoms with Crippen molar-refractivity contribution in [2.45, 2.75) is 24.2 Å². The third kappa shape index (κ3) is 1.71.